The Labute approximate surface area is 271 Å². The van der Waals surface area contributed by atoms with Crippen molar-refractivity contribution < 1.29 is 39.3 Å². The molecular weight excluding hydrogens is 594 g/mol. The van der Waals surface area contributed by atoms with Crippen LogP contribution in [0.2, 0.25) is 0 Å². The number of carboxylic acids is 2. The Morgan fingerprint density at radius 1 is 0.651 bits per heavy atom. The van der Waals surface area contributed by atoms with Gasteiger partial charge in [0.25, 0.3) is 0 Å². The van der Waals surface area contributed by atoms with Crippen molar-refractivity contribution in [3.63, 3.8) is 0 Å². The Balaban J connectivity index is 0.00000423. The number of aliphatic carboxylic acids is 2. The number of hydrogen-bond donors (Lipinski definition) is 4. The van der Waals surface area contributed by atoms with E-state index in [9.17, 15) is 19.8 Å². The van der Waals surface area contributed by atoms with Crippen molar-refractivity contribution in [2.45, 2.75) is 127 Å². The zero-order valence-corrected chi connectivity index (χ0v) is 29.7. The van der Waals surface area contributed by atoms with Crippen molar-refractivity contribution >= 4 is 11.9 Å². The van der Waals surface area contributed by atoms with Gasteiger partial charge in [0.1, 0.15) is 0 Å². The Morgan fingerprint density at radius 2 is 1.14 bits per heavy atom. The SMILES string of the molecule is C=CC1C2CC3NC(CC4[N-]C(CC5NC(CC([N-]2)C1C)C(C=C)C5C)C(C)C4CCC(=O)O)C(CCC(=O)O)C3C.[Zn+2]. The summed E-state index contributed by atoms with van der Waals surface area (Å²) < 4.78 is 0. The van der Waals surface area contributed by atoms with E-state index in [1.807, 2.05) is 0 Å². The third-order valence-corrected chi connectivity index (χ3v) is 12.5. The van der Waals surface area contributed by atoms with Crippen LogP contribution < -0.4 is 10.6 Å². The van der Waals surface area contributed by atoms with E-state index in [1.54, 1.807) is 0 Å². The Morgan fingerprint density at radius 3 is 1.77 bits per heavy atom. The maximum atomic E-state index is 11.6. The molecule has 0 aromatic rings. The largest absolute Gasteiger partial charge is 2.00 e. The number of carboxylic acid groups (broad SMARTS) is 2. The summed E-state index contributed by atoms with van der Waals surface area (Å²) in [5, 5.41) is 38.0. The van der Waals surface area contributed by atoms with E-state index in [0.29, 0.717) is 60.4 Å². The molecule has 8 nitrogen and oxygen atoms in total. The number of nitrogens with zero attached hydrogens (tertiary/aromatic N) is 2. The first-order valence-electron chi connectivity index (χ1n) is 16.6. The van der Waals surface area contributed by atoms with Gasteiger partial charge >= 0.3 is 31.4 Å². The summed E-state index contributed by atoms with van der Waals surface area (Å²) in [5.41, 5.74) is 0. The molecule has 16 unspecified atom stereocenters. The molecular formula is C34H54N4O4Zn. The molecule has 5 aliphatic heterocycles. The fourth-order valence-electron chi connectivity index (χ4n) is 9.93. The molecule has 0 aliphatic carbocycles. The normalized spacial score (nSPS) is 47.5. The van der Waals surface area contributed by atoms with Gasteiger partial charge in [-0.05, 0) is 42.4 Å². The van der Waals surface area contributed by atoms with Crippen LogP contribution in [0.25, 0.3) is 10.6 Å². The van der Waals surface area contributed by atoms with E-state index >= 15 is 0 Å². The van der Waals surface area contributed by atoms with Crippen LogP contribution >= 0.6 is 0 Å². The second-order valence-corrected chi connectivity index (χ2v) is 14.5. The molecule has 0 aromatic carbocycles. The molecule has 5 heterocycles. The van der Waals surface area contributed by atoms with E-state index in [4.69, 9.17) is 10.6 Å². The van der Waals surface area contributed by atoms with Crippen LogP contribution in [-0.2, 0) is 29.1 Å². The zero-order valence-electron chi connectivity index (χ0n) is 26.8. The van der Waals surface area contributed by atoms with Crippen LogP contribution in [0.15, 0.2) is 25.3 Å². The minimum Gasteiger partial charge on any atom is -0.656 e. The molecule has 16 atom stereocenters. The van der Waals surface area contributed by atoms with Crippen LogP contribution in [0.5, 0.6) is 0 Å². The van der Waals surface area contributed by atoms with Crippen molar-refractivity contribution in [2.24, 2.45) is 47.3 Å². The molecule has 5 saturated heterocycles. The third kappa shape index (κ3) is 7.16. The van der Waals surface area contributed by atoms with Gasteiger partial charge in [-0.15, -0.1) is 37.3 Å². The molecule has 5 aliphatic rings. The van der Waals surface area contributed by atoms with Crippen LogP contribution in [-0.4, -0.2) is 70.5 Å². The van der Waals surface area contributed by atoms with E-state index < -0.39 is 11.9 Å². The van der Waals surface area contributed by atoms with E-state index in [0.717, 1.165) is 25.7 Å². The predicted octanol–water partition coefficient (Wildman–Crippen LogP) is 5.60. The van der Waals surface area contributed by atoms with Gasteiger partial charge in [-0.1, -0.05) is 83.3 Å². The van der Waals surface area contributed by atoms with Crippen LogP contribution in [0.3, 0.4) is 0 Å². The van der Waals surface area contributed by atoms with Crippen LogP contribution in [0.4, 0.5) is 0 Å². The molecule has 0 spiro atoms. The fraction of sp³-hybridized carbons (Fsp3) is 0.824. The molecule has 236 valence electrons. The maximum absolute atomic E-state index is 11.6. The van der Waals surface area contributed by atoms with Gasteiger partial charge in [-0.2, -0.15) is 0 Å². The minimum absolute atomic E-state index is 0. The van der Waals surface area contributed by atoms with Gasteiger partial charge in [-0.25, -0.2) is 0 Å². The second-order valence-electron chi connectivity index (χ2n) is 14.5. The summed E-state index contributed by atoms with van der Waals surface area (Å²) in [6.07, 6.45) is 9.62. The topological polar surface area (TPSA) is 127 Å². The summed E-state index contributed by atoms with van der Waals surface area (Å²) in [7, 11) is 0. The quantitative estimate of drug-likeness (QED) is 0.201. The number of carbonyl (C=O) groups is 2. The van der Waals surface area contributed by atoms with Gasteiger partial charge in [0.05, 0.1) is 0 Å². The molecule has 43 heavy (non-hydrogen) atoms. The van der Waals surface area contributed by atoms with E-state index in [1.165, 1.54) is 0 Å². The number of rotatable bonds is 8. The third-order valence-electron chi connectivity index (χ3n) is 12.5. The van der Waals surface area contributed by atoms with Crippen molar-refractivity contribution in [1.82, 2.24) is 10.6 Å². The Kier molecular flexibility index (Phi) is 11.7. The molecule has 0 saturated carbocycles. The molecule has 0 amide bonds. The van der Waals surface area contributed by atoms with Crippen molar-refractivity contribution in [3.05, 3.63) is 35.9 Å². The summed E-state index contributed by atoms with van der Waals surface area (Å²) in [6.45, 7) is 17.7. The summed E-state index contributed by atoms with van der Waals surface area (Å²) >= 11 is 0. The molecule has 4 N–H and O–H groups in total. The summed E-state index contributed by atoms with van der Waals surface area (Å²) in [6, 6.07) is 1.83. The first-order chi connectivity index (χ1) is 20.0. The number of fused-ring (bicyclic) bond motifs is 8. The van der Waals surface area contributed by atoms with E-state index in [2.05, 4.69) is 63.6 Å². The zero-order chi connectivity index (χ0) is 30.3. The molecule has 5 fully saturated rings. The first kappa shape index (κ1) is 34.8. The first-order valence-corrected chi connectivity index (χ1v) is 16.6. The summed E-state index contributed by atoms with van der Waals surface area (Å²) in [4.78, 5) is 23.3. The molecule has 8 bridgehead atoms. The fourth-order valence-corrected chi connectivity index (χ4v) is 9.93. The predicted molar refractivity (Wildman–Crippen MR) is 167 cm³/mol. The minimum atomic E-state index is -0.748. The summed E-state index contributed by atoms with van der Waals surface area (Å²) in [5.74, 6) is 1.21. The van der Waals surface area contributed by atoms with Crippen molar-refractivity contribution in [1.29, 1.82) is 0 Å². The molecule has 0 aromatic heterocycles. The average molecular weight is 648 g/mol. The number of hydrogen-bond acceptors (Lipinski definition) is 4. The van der Waals surface area contributed by atoms with Crippen LogP contribution in [0, 0.1) is 47.3 Å². The van der Waals surface area contributed by atoms with Crippen molar-refractivity contribution in [3.8, 4) is 0 Å². The molecule has 5 rings (SSSR count). The van der Waals surface area contributed by atoms with Crippen LogP contribution in [0.1, 0.15) is 79.1 Å². The van der Waals surface area contributed by atoms with E-state index in [-0.39, 0.29) is 80.4 Å². The average Bonchev–Trinajstić information content (AvgIpc) is 3.59. The van der Waals surface area contributed by atoms with Gasteiger partial charge in [0.2, 0.25) is 0 Å². The molecule has 0 radical (unpaired) electrons. The van der Waals surface area contributed by atoms with Gasteiger partial charge in [-0.3, -0.25) is 9.59 Å². The maximum Gasteiger partial charge on any atom is 2.00 e. The Bertz CT molecular complexity index is 1010. The van der Waals surface area contributed by atoms with Gasteiger partial charge in [0.15, 0.2) is 0 Å². The smallest absolute Gasteiger partial charge is 0.656 e. The van der Waals surface area contributed by atoms with Crippen molar-refractivity contribution in [2.75, 3.05) is 0 Å². The standard InChI is InChI=1S/C34H54N4O4.Zn/c1-7-21-17(3)25-13-26-19(5)23(9-11-33(39)40)31(37-26)16-32-24(10-12-34(41)42)20(6)28(38-32)15-30-22(8-2)18(4)27(36-30)14-29(21)35-25;/h7-8,17-32,35,38H,1-2,9-16H2,3-6H3,(H,39,40)(H,41,42);/q-2;+2. The molecule has 9 heteroatoms. The second kappa shape index (κ2) is 14.5. The van der Waals surface area contributed by atoms with Gasteiger partial charge in [0, 0.05) is 37.0 Å². The monoisotopic (exact) mass is 646 g/mol. The number of nitrogens with one attached hydrogen (secondary N) is 2. The van der Waals surface area contributed by atoms with Gasteiger partial charge < -0.3 is 31.5 Å². The Hall–Kier alpha value is -1.12.